The molecular formula is C26H33N3O4. The molecule has 1 atom stereocenters. The van der Waals surface area contributed by atoms with Gasteiger partial charge in [-0.3, -0.25) is 14.6 Å². The number of hydrogen-bond donors (Lipinski definition) is 0. The van der Waals surface area contributed by atoms with Crippen molar-refractivity contribution in [3.63, 3.8) is 0 Å². The molecule has 33 heavy (non-hydrogen) atoms. The largest absolute Gasteiger partial charge is 0.491 e. The van der Waals surface area contributed by atoms with Gasteiger partial charge in [0.15, 0.2) is 5.60 Å². The van der Waals surface area contributed by atoms with Gasteiger partial charge in [-0.05, 0) is 63.3 Å². The van der Waals surface area contributed by atoms with Gasteiger partial charge in [-0.1, -0.05) is 18.2 Å². The molecule has 4 rings (SSSR count). The van der Waals surface area contributed by atoms with E-state index in [9.17, 15) is 9.59 Å². The van der Waals surface area contributed by atoms with Gasteiger partial charge in [0.05, 0.1) is 25.3 Å². The predicted octanol–water partition coefficient (Wildman–Crippen LogP) is 3.26. The van der Waals surface area contributed by atoms with Crippen LogP contribution in [0.5, 0.6) is 5.75 Å². The molecule has 7 nitrogen and oxygen atoms in total. The third kappa shape index (κ3) is 5.19. The van der Waals surface area contributed by atoms with Crippen molar-refractivity contribution in [2.45, 2.75) is 45.1 Å². The molecule has 7 heteroatoms. The van der Waals surface area contributed by atoms with E-state index in [4.69, 9.17) is 9.47 Å². The van der Waals surface area contributed by atoms with Crippen LogP contribution in [-0.4, -0.2) is 71.6 Å². The smallest absolute Gasteiger partial charge is 0.256 e. The van der Waals surface area contributed by atoms with Crippen LogP contribution in [-0.2, 0) is 16.0 Å². The molecule has 1 saturated heterocycles. The normalized spacial score (nSPS) is 22.2. The number of aryl methyl sites for hydroxylation is 2. The van der Waals surface area contributed by atoms with Gasteiger partial charge in [0.2, 0.25) is 0 Å². The summed E-state index contributed by atoms with van der Waals surface area (Å²) in [5.41, 5.74) is 1.56. The number of morpholine rings is 1. The van der Waals surface area contributed by atoms with Gasteiger partial charge in [0.25, 0.3) is 11.8 Å². The number of hydrogen-bond acceptors (Lipinski definition) is 5. The highest BCUT2D eigenvalue weighted by molar-refractivity contribution is 5.95. The lowest BCUT2D eigenvalue weighted by molar-refractivity contribution is -0.170. The lowest BCUT2D eigenvalue weighted by Gasteiger charge is -2.44. The van der Waals surface area contributed by atoms with Crippen molar-refractivity contribution < 1.29 is 19.1 Å². The third-order valence-electron chi connectivity index (χ3n) is 6.56. The van der Waals surface area contributed by atoms with Crippen LogP contribution in [0.3, 0.4) is 0 Å². The van der Waals surface area contributed by atoms with E-state index in [1.165, 1.54) is 5.56 Å². The second-order valence-corrected chi connectivity index (χ2v) is 8.81. The molecule has 0 N–H and O–H groups in total. The molecular weight excluding hydrogens is 418 g/mol. The predicted molar refractivity (Wildman–Crippen MR) is 125 cm³/mol. The molecule has 2 aliphatic heterocycles. The highest BCUT2D eigenvalue weighted by atomic mass is 16.5. The summed E-state index contributed by atoms with van der Waals surface area (Å²) in [5.74, 6) is 0.736. The second kappa shape index (κ2) is 10.3. The molecule has 1 fully saturated rings. The minimum atomic E-state index is -1.03. The Morgan fingerprint density at radius 3 is 2.76 bits per heavy atom. The average molecular weight is 452 g/mol. The Hall–Kier alpha value is -2.93. The monoisotopic (exact) mass is 451 g/mol. The number of likely N-dealkylation sites (N-methyl/N-ethyl adjacent to an activating group) is 1. The number of amides is 2. The van der Waals surface area contributed by atoms with E-state index >= 15 is 0 Å². The maximum absolute atomic E-state index is 13.8. The van der Waals surface area contributed by atoms with Crippen LogP contribution in [0, 0.1) is 6.92 Å². The molecule has 2 aliphatic rings. The summed E-state index contributed by atoms with van der Waals surface area (Å²) >= 11 is 0. The summed E-state index contributed by atoms with van der Waals surface area (Å²) < 4.78 is 12.3. The molecule has 1 aromatic carbocycles. The Balaban J connectivity index is 1.56. The molecule has 0 bridgehead atoms. The number of nitrogens with zero attached hydrogens (tertiary/aromatic N) is 3. The standard InChI is InChI=1S/C26H33N3O4/c1-3-28-14-16-32-23-10-5-4-8-21(23)9-6-7-13-26(25(28)31)19-29(15-17-33-26)24(30)22-12-11-20(2)27-18-22/h4-5,8,10-12,18H,3,6-7,9,13-17,19H2,1-2H3. The highest BCUT2D eigenvalue weighted by Gasteiger charge is 2.46. The summed E-state index contributed by atoms with van der Waals surface area (Å²) in [5, 5.41) is 0. The Kier molecular flexibility index (Phi) is 7.28. The first-order valence-electron chi connectivity index (χ1n) is 11.9. The first-order valence-corrected chi connectivity index (χ1v) is 11.9. The van der Waals surface area contributed by atoms with Crippen LogP contribution in [0.2, 0.25) is 0 Å². The van der Waals surface area contributed by atoms with E-state index in [0.29, 0.717) is 44.8 Å². The van der Waals surface area contributed by atoms with E-state index < -0.39 is 5.60 Å². The minimum Gasteiger partial charge on any atom is -0.491 e. The van der Waals surface area contributed by atoms with Crippen molar-refractivity contribution in [2.24, 2.45) is 0 Å². The van der Waals surface area contributed by atoms with Crippen molar-refractivity contribution in [3.05, 3.63) is 59.4 Å². The Morgan fingerprint density at radius 1 is 1.12 bits per heavy atom. The molecule has 1 unspecified atom stereocenters. The van der Waals surface area contributed by atoms with E-state index in [2.05, 4.69) is 11.1 Å². The van der Waals surface area contributed by atoms with Crippen molar-refractivity contribution in [3.8, 4) is 5.75 Å². The molecule has 0 saturated carbocycles. The Morgan fingerprint density at radius 2 is 1.97 bits per heavy atom. The van der Waals surface area contributed by atoms with E-state index in [1.807, 2.05) is 38.1 Å². The van der Waals surface area contributed by atoms with E-state index in [-0.39, 0.29) is 18.4 Å². The lowest BCUT2D eigenvalue weighted by atomic mass is 9.90. The summed E-state index contributed by atoms with van der Waals surface area (Å²) in [6.07, 6.45) is 4.82. The molecule has 2 amide bonds. The molecule has 1 aromatic heterocycles. The minimum absolute atomic E-state index is 0.0537. The number of benzene rings is 1. The van der Waals surface area contributed by atoms with Gasteiger partial charge in [0.1, 0.15) is 12.4 Å². The van der Waals surface area contributed by atoms with Crippen LogP contribution >= 0.6 is 0 Å². The van der Waals surface area contributed by atoms with Crippen LogP contribution in [0.1, 0.15) is 47.8 Å². The summed E-state index contributed by atoms with van der Waals surface area (Å²) in [6.45, 7) is 6.38. The number of aromatic nitrogens is 1. The van der Waals surface area contributed by atoms with Crippen molar-refractivity contribution in [1.82, 2.24) is 14.8 Å². The van der Waals surface area contributed by atoms with Gasteiger partial charge in [-0.25, -0.2) is 0 Å². The van der Waals surface area contributed by atoms with Crippen molar-refractivity contribution in [2.75, 3.05) is 39.4 Å². The van der Waals surface area contributed by atoms with Crippen LogP contribution < -0.4 is 4.74 Å². The van der Waals surface area contributed by atoms with E-state index in [0.717, 1.165) is 30.7 Å². The van der Waals surface area contributed by atoms with Crippen LogP contribution in [0.25, 0.3) is 0 Å². The zero-order chi connectivity index (χ0) is 23.3. The number of carbonyl (C=O) groups is 2. The molecule has 3 heterocycles. The van der Waals surface area contributed by atoms with E-state index in [1.54, 1.807) is 22.1 Å². The first kappa shape index (κ1) is 23.2. The Labute approximate surface area is 195 Å². The lowest BCUT2D eigenvalue weighted by Crippen LogP contribution is -2.62. The van der Waals surface area contributed by atoms with Crippen molar-refractivity contribution in [1.29, 1.82) is 0 Å². The van der Waals surface area contributed by atoms with Gasteiger partial charge in [-0.15, -0.1) is 0 Å². The molecule has 176 valence electrons. The molecule has 2 aromatic rings. The fourth-order valence-corrected chi connectivity index (χ4v) is 4.66. The number of ether oxygens (including phenoxy) is 2. The van der Waals surface area contributed by atoms with Gasteiger partial charge >= 0.3 is 0 Å². The maximum Gasteiger partial charge on any atom is 0.256 e. The zero-order valence-electron chi connectivity index (χ0n) is 19.6. The highest BCUT2D eigenvalue weighted by Crippen LogP contribution is 2.30. The summed E-state index contributed by atoms with van der Waals surface area (Å²) in [4.78, 5) is 34.8. The number of pyridine rings is 1. The quantitative estimate of drug-likeness (QED) is 0.701. The van der Waals surface area contributed by atoms with Gasteiger partial charge < -0.3 is 19.3 Å². The number of para-hydroxylation sites is 1. The van der Waals surface area contributed by atoms with Gasteiger partial charge in [-0.2, -0.15) is 0 Å². The zero-order valence-corrected chi connectivity index (χ0v) is 19.6. The topological polar surface area (TPSA) is 72.0 Å². The van der Waals surface area contributed by atoms with Crippen LogP contribution in [0.15, 0.2) is 42.6 Å². The average Bonchev–Trinajstić information content (AvgIpc) is 2.84. The summed E-state index contributed by atoms with van der Waals surface area (Å²) in [6, 6.07) is 11.7. The molecule has 1 spiro atoms. The molecule has 0 radical (unpaired) electrons. The number of carbonyl (C=O) groups excluding carboxylic acids is 2. The second-order valence-electron chi connectivity index (χ2n) is 8.81. The third-order valence-corrected chi connectivity index (χ3v) is 6.56. The SMILES string of the molecule is CCN1CCOc2ccccc2CCCCC2(CN(C(=O)c3ccc(C)nc3)CCO2)C1=O. The maximum atomic E-state index is 13.8. The first-order chi connectivity index (χ1) is 16.0. The van der Waals surface area contributed by atoms with Crippen LogP contribution in [0.4, 0.5) is 0 Å². The Bertz CT molecular complexity index is 978. The molecule has 0 aliphatic carbocycles. The summed E-state index contributed by atoms with van der Waals surface area (Å²) in [7, 11) is 0. The number of rotatable bonds is 2. The fourth-order valence-electron chi connectivity index (χ4n) is 4.66. The van der Waals surface area contributed by atoms with Crippen molar-refractivity contribution >= 4 is 11.8 Å². The fraction of sp³-hybridized carbons (Fsp3) is 0.500. The van der Waals surface area contributed by atoms with Gasteiger partial charge in [0, 0.05) is 25.0 Å². The number of fused-ring (bicyclic) bond motifs is 1.